The van der Waals surface area contributed by atoms with E-state index in [4.69, 9.17) is 11.6 Å². The molecule has 2 aliphatic rings. The Morgan fingerprint density at radius 1 is 1.20 bits per heavy atom. The molecule has 7 heteroatoms. The minimum Gasteiger partial charge on any atom is -0.316 e. The fourth-order valence-corrected chi connectivity index (χ4v) is 5.02. The number of nitrogens with zero attached hydrogens (tertiary/aromatic N) is 1. The highest BCUT2D eigenvalue weighted by Crippen LogP contribution is 2.31. The van der Waals surface area contributed by atoms with Gasteiger partial charge in [0.1, 0.15) is 4.90 Å². The minimum atomic E-state index is -3.46. The number of fused-ring (bicyclic) bond motifs is 1. The number of sulfonamides is 1. The van der Waals surface area contributed by atoms with E-state index in [0.29, 0.717) is 29.9 Å². The zero-order valence-electron chi connectivity index (χ0n) is 11.0. The SMILES string of the molecule is Cl.O=S(=O)(c1ccccc1Cl)N1CCC2CNCC2C1. The van der Waals surface area contributed by atoms with Crippen LogP contribution in [0.2, 0.25) is 5.02 Å². The molecule has 0 radical (unpaired) electrons. The molecule has 0 spiro atoms. The van der Waals surface area contributed by atoms with Gasteiger partial charge in [0.05, 0.1) is 5.02 Å². The lowest BCUT2D eigenvalue weighted by Crippen LogP contribution is -2.43. The predicted molar refractivity (Wildman–Crippen MR) is 81.9 cm³/mol. The van der Waals surface area contributed by atoms with Crippen LogP contribution in [0.15, 0.2) is 29.2 Å². The van der Waals surface area contributed by atoms with Gasteiger partial charge < -0.3 is 5.32 Å². The molecule has 20 heavy (non-hydrogen) atoms. The van der Waals surface area contributed by atoms with E-state index in [2.05, 4.69) is 5.32 Å². The summed E-state index contributed by atoms with van der Waals surface area (Å²) < 4.78 is 26.8. The van der Waals surface area contributed by atoms with Gasteiger partial charge in [-0.15, -0.1) is 12.4 Å². The maximum absolute atomic E-state index is 12.6. The molecule has 4 nitrogen and oxygen atoms in total. The molecule has 1 N–H and O–H groups in total. The first-order valence-corrected chi connectivity index (χ1v) is 8.36. The minimum absolute atomic E-state index is 0. The molecule has 2 unspecified atom stereocenters. The third kappa shape index (κ3) is 2.83. The summed E-state index contributed by atoms with van der Waals surface area (Å²) in [4.78, 5) is 0.223. The van der Waals surface area contributed by atoms with Crippen molar-refractivity contribution in [3.8, 4) is 0 Å². The van der Waals surface area contributed by atoms with E-state index in [-0.39, 0.29) is 17.3 Å². The number of rotatable bonds is 2. The summed E-state index contributed by atoms with van der Waals surface area (Å²) in [6.45, 7) is 3.13. The standard InChI is InChI=1S/C13H17ClN2O2S.ClH/c14-12-3-1-2-4-13(12)19(17,18)16-6-5-10-7-15-8-11(10)9-16;/h1-4,10-11,15H,5-9H2;1H. The molecule has 1 aromatic carbocycles. The molecule has 0 saturated carbocycles. The third-order valence-electron chi connectivity index (χ3n) is 4.12. The molecule has 3 rings (SSSR count). The lowest BCUT2D eigenvalue weighted by atomic mass is 9.90. The van der Waals surface area contributed by atoms with Crippen LogP contribution in [0.3, 0.4) is 0 Å². The van der Waals surface area contributed by atoms with Crippen molar-refractivity contribution in [1.29, 1.82) is 0 Å². The topological polar surface area (TPSA) is 49.4 Å². The van der Waals surface area contributed by atoms with Gasteiger partial charge in [-0.25, -0.2) is 8.42 Å². The van der Waals surface area contributed by atoms with Gasteiger partial charge in [0.2, 0.25) is 10.0 Å². The fraction of sp³-hybridized carbons (Fsp3) is 0.538. The molecule has 0 bridgehead atoms. The maximum atomic E-state index is 12.6. The number of nitrogens with one attached hydrogen (secondary N) is 1. The van der Waals surface area contributed by atoms with E-state index < -0.39 is 10.0 Å². The Hall–Kier alpha value is -0.330. The van der Waals surface area contributed by atoms with Crippen LogP contribution in [-0.4, -0.2) is 38.9 Å². The van der Waals surface area contributed by atoms with Crippen molar-refractivity contribution in [3.05, 3.63) is 29.3 Å². The monoisotopic (exact) mass is 336 g/mol. The van der Waals surface area contributed by atoms with Crippen LogP contribution in [0.5, 0.6) is 0 Å². The molecule has 2 fully saturated rings. The Bertz CT molecular complexity index is 579. The van der Waals surface area contributed by atoms with Gasteiger partial charge in [0.15, 0.2) is 0 Å². The Kier molecular flexibility index (Phi) is 4.97. The van der Waals surface area contributed by atoms with Crippen molar-refractivity contribution >= 4 is 34.0 Å². The van der Waals surface area contributed by atoms with Crippen LogP contribution in [0, 0.1) is 11.8 Å². The summed E-state index contributed by atoms with van der Waals surface area (Å²) in [6, 6.07) is 6.66. The molecule has 0 aromatic heterocycles. The normalized spacial score (nSPS) is 26.9. The smallest absolute Gasteiger partial charge is 0.244 e. The second kappa shape index (κ2) is 6.20. The van der Waals surface area contributed by atoms with Crippen LogP contribution in [-0.2, 0) is 10.0 Å². The number of halogens is 2. The first-order chi connectivity index (χ1) is 9.09. The van der Waals surface area contributed by atoms with Crippen molar-refractivity contribution in [2.24, 2.45) is 11.8 Å². The van der Waals surface area contributed by atoms with E-state index in [1.807, 2.05) is 0 Å². The highest BCUT2D eigenvalue weighted by Gasteiger charge is 2.38. The zero-order valence-corrected chi connectivity index (χ0v) is 13.3. The quantitative estimate of drug-likeness (QED) is 0.898. The molecular formula is C13H18Cl2N2O2S. The van der Waals surface area contributed by atoms with Gasteiger partial charge in [-0.05, 0) is 43.5 Å². The molecule has 0 aliphatic carbocycles. The molecule has 2 saturated heterocycles. The average Bonchev–Trinajstić information content (AvgIpc) is 2.86. The Morgan fingerprint density at radius 3 is 2.65 bits per heavy atom. The van der Waals surface area contributed by atoms with E-state index in [0.717, 1.165) is 19.5 Å². The number of benzene rings is 1. The van der Waals surface area contributed by atoms with Crippen molar-refractivity contribution in [2.75, 3.05) is 26.2 Å². The first-order valence-electron chi connectivity index (χ1n) is 6.54. The second-order valence-electron chi connectivity index (χ2n) is 5.26. The van der Waals surface area contributed by atoms with Crippen molar-refractivity contribution in [1.82, 2.24) is 9.62 Å². The van der Waals surface area contributed by atoms with E-state index in [9.17, 15) is 8.42 Å². The predicted octanol–water partition coefficient (Wildman–Crippen LogP) is 1.99. The van der Waals surface area contributed by atoms with Gasteiger partial charge >= 0.3 is 0 Å². The Labute approximate surface area is 131 Å². The Balaban J connectivity index is 0.00000147. The summed E-state index contributed by atoms with van der Waals surface area (Å²) in [5, 5.41) is 3.64. The first kappa shape index (κ1) is 16.0. The molecule has 2 atom stereocenters. The third-order valence-corrected chi connectivity index (χ3v) is 6.49. The number of hydrogen-bond acceptors (Lipinski definition) is 3. The Morgan fingerprint density at radius 2 is 1.90 bits per heavy atom. The van der Waals surface area contributed by atoms with Gasteiger partial charge in [0.25, 0.3) is 0 Å². The average molecular weight is 337 g/mol. The zero-order chi connectivity index (χ0) is 13.5. The molecule has 112 valence electrons. The van der Waals surface area contributed by atoms with Crippen molar-refractivity contribution in [2.45, 2.75) is 11.3 Å². The summed E-state index contributed by atoms with van der Waals surface area (Å²) in [6.07, 6.45) is 0.932. The van der Waals surface area contributed by atoms with Crippen LogP contribution in [0.1, 0.15) is 6.42 Å². The van der Waals surface area contributed by atoms with Crippen LogP contribution >= 0.6 is 24.0 Å². The van der Waals surface area contributed by atoms with Crippen molar-refractivity contribution in [3.63, 3.8) is 0 Å². The molecule has 1 aromatic rings. The summed E-state index contributed by atoms with van der Waals surface area (Å²) in [7, 11) is -3.46. The largest absolute Gasteiger partial charge is 0.316 e. The van der Waals surface area contributed by atoms with E-state index >= 15 is 0 Å². The van der Waals surface area contributed by atoms with Gasteiger partial charge in [-0.3, -0.25) is 0 Å². The molecule has 2 aliphatic heterocycles. The molecular weight excluding hydrogens is 319 g/mol. The van der Waals surface area contributed by atoms with Gasteiger partial charge in [0, 0.05) is 13.1 Å². The summed E-state index contributed by atoms with van der Waals surface area (Å²) >= 11 is 6.02. The lowest BCUT2D eigenvalue weighted by molar-refractivity contribution is 0.228. The highest BCUT2D eigenvalue weighted by atomic mass is 35.5. The van der Waals surface area contributed by atoms with Crippen LogP contribution in [0.25, 0.3) is 0 Å². The molecule has 0 amide bonds. The molecule has 2 heterocycles. The summed E-state index contributed by atoms with van der Waals surface area (Å²) in [5.74, 6) is 1.06. The maximum Gasteiger partial charge on any atom is 0.244 e. The van der Waals surface area contributed by atoms with Crippen LogP contribution in [0.4, 0.5) is 0 Å². The number of hydrogen-bond donors (Lipinski definition) is 1. The van der Waals surface area contributed by atoms with Crippen LogP contribution < -0.4 is 5.32 Å². The second-order valence-corrected chi connectivity index (χ2v) is 7.57. The highest BCUT2D eigenvalue weighted by molar-refractivity contribution is 7.89. The summed E-state index contributed by atoms with van der Waals surface area (Å²) in [5.41, 5.74) is 0. The lowest BCUT2D eigenvalue weighted by Gasteiger charge is -2.33. The van der Waals surface area contributed by atoms with E-state index in [1.54, 1.807) is 28.6 Å². The fourth-order valence-electron chi connectivity index (χ4n) is 3.01. The van der Waals surface area contributed by atoms with E-state index in [1.165, 1.54) is 0 Å². The van der Waals surface area contributed by atoms with Gasteiger partial charge in [-0.1, -0.05) is 23.7 Å². The number of piperidine rings is 1. The van der Waals surface area contributed by atoms with Crippen molar-refractivity contribution < 1.29 is 8.42 Å². The van der Waals surface area contributed by atoms with Gasteiger partial charge in [-0.2, -0.15) is 4.31 Å².